The van der Waals surface area contributed by atoms with E-state index >= 15 is 0 Å². The van der Waals surface area contributed by atoms with E-state index in [0.29, 0.717) is 10.7 Å². The van der Waals surface area contributed by atoms with Gasteiger partial charge >= 0.3 is 0 Å². The zero-order valence-corrected chi connectivity index (χ0v) is 12.4. The van der Waals surface area contributed by atoms with Gasteiger partial charge < -0.3 is 5.32 Å². The summed E-state index contributed by atoms with van der Waals surface area (Å²) in [6, 6.07) is 3.39. The average Bonchev–Trinajstić information content (AvgIpc) is 2.36. The fourth-order valence-corrected chi connectivity index (χ4v) is 2.99. The number of carbonyl (C=O) groups excluding carboxylic acids is 1. The van der Waals surface area contributed by atoms with Gasteiger partial charge in [0, 0.05) is 17.8 Å². The minimum absolute atomic E-state index is 0.0563. The summed E-state index contributed by atoms with van der Waals surface area (Å²) in [5, 5.41) is 3.41. The van der Waals surface area contributed by atoms with Crippen LogP contribution in [0, 0.1) is 12.3 Å². The highest BCUT2D eigenvalue weighted by molar-refractivity contribution is 6.29. The molecular weight excluding hydrogens is 260 g/mol. The van der Waals surface area contributed by atoms with Crippen molar-refractivity contribution in [2.75, 3.05) is 6.54 Å². The van der Waals surface area contributed by atoms with Crippen molar-refractivity contribution in [2.24, 2.45) is 5.41 Å². The molecule has 1 aromatic heterocycles. The number of aryl methyl sites for hydroxylation is 1. The smallest absolute Gasteiger partial charge is 0.251 e. The molecule has 0 atom stereocenters. The summed E-state index contributed by atoms with van der Waals surface area (Å²) in [6.45, 7) is 4.84. The van der Waals surface area contributed by atoms with E-state index in [1.807, 2.05) is 6.92 Å². The summed E-state index contributed by atoms with van der Waals surface area (Å²) < 4.78 is 0. The van der Waals surface area contributed by atoms with Gasteiger partial charge in [0.25, 0.3) is 5.91 Å². The largest absolute Gasteiger partial charge is 0.351 e. The van der Waals surface area contributed by atoms with E-state index in [4.69, 9.17) is 11.6 Å². The molecular formula is C15H21ClN2O. The van der Waals surface area contributed by atoms with E-state index < -0.39 is 0 Å². The highest BCUT2D eigenvalue weighted by Crippen LogP contribution is 2.34. The first-order valence-electron chi connectivity index (χ1n) is 6.91. The van der Waals surface area contributed by atoms with Crippen LogP contribution in [-0.4, -0.2) is 17.4 Å². The van der Waals surface area contributed by atoms with Crippen LogP contribution in [0.15, 0.2) is 12.1 Å². The Kier molecular flexibility index (Phi) is 4.46. The lowest BCUT2D eigenvalue weighted by molar-refractivity contribution is 0.0919. The lowest BCUT2D eigenvalue weighted by Crippen LogP contribution is -2.37. The van der Waals surface area contributed by atoms with Gasteiger partial charge in [-0.15, -0.1) is 0 Å². The molecule has 4 heteroatoms. The summed E-state index contributed by atoms with van der Waals surface area (Å²) in [5.41, 5.74) is 1.61. The minimum Gasteiger partial charge on any atom is -0.351 e. The van der Waals surface area contributed by atoms with Gasteiger partial charge in [-0.3, -0.25) is 4.79 Å². The molecule has 0 aromatic carbocycles. The van der Waals surface area contributed by atoms with Gasteiger partial charge in [0.2, 0.25) is 0 Å². The molecule has 1 saturated carbocycles. The molecule has 1 amide bonds. The molecule has 0 aliphatic heterocycles. The number of nitrogens with one attached hydrogen (secondary N) is 1. The van der Waals surface area contributed by atoms with Gasteiger partial charge in [0.1, 0.15) is 5.15 Å². The average molecular weight is 281 g/mol. The number of carbonyl (C=O) groups is 1. The second kappa shape index (κ2) is 5.91. The zero-order valence-electron chi connectivity index (χ0n) is 11.6. The Bertz CT molecular complexity index is 447. The summed E-state index contributed by atoms with van der Waals surface area (Å²) >= 11 is 5.88. The van der Waals surface area contributed by atoms with Gasteiger partial charge in [-0.05, 0) is 37.3 Å². The Morgan fingerprint density at radius 3 is 2.68 bits per heavy atom. The molecule has 0 unspecified atom stereocenters. The summed E-state index contributed by atoms with van der Waals surface area (Å²) in [5.74, 6) is -0.0563. The molecule has 0 bridgehead atoms. The number of rotatable bonds is 3. The van der Waals surface area contributed by atoms with Gasteiger partial charge in [-0.25, -0.2) is 4.98 Å². The highest BCUT2D eigenvalue weighted by atomic mass is 35.5. The lowest BCUT2D eigenvalue weighted by Gasteiger charge is -2.33. The topological polar surface area (TPSA) is 42.0 Å². The predicted molar refractivity (Wildman–Crippen MR) is 77.5 cm³/mol. The van der Waals surface area contributed by atoms with E-state index in [-0.39, 0.29) is 11.3 Å². The Labute approximate surface area is 119 Å². The summed E-state index contributed by atoms with van der Waals surface area (Å²) in [6.07, 6.45) is 6.26. The standard InChI is InChI=1S/C15H21ClN2O/c1-11-8-12(9-13(16)18-11)14(19)17-10-15(2)6-4-3-5-7-15/h8-9H,3-7,10H2,1-2H3,(H,17,19). The lowest BCUT2D eigenvalue weighted by atomic mass is 9.76. The molecule has 3 nitrogen and oxygen atoms in total. The van der Waals surface area contributed by atoms with Gasteiger partial charge in [0.15, 0.2) is 0 Å². The SMILES string of the molecule is Cc1cc(C(=O)NCC2(C)CCCCC2)cc(Cl)n1. The van der Waals surface area contributed by atoms with Crippen molar-refractivity contribution in [3.8, 4) is 0 Å². The number of hydrogen-bond donors (Lipinski definition) is 1. The van der Waals surface area contributed by atoms with Crippen LogP contribution >= 0.6 is 11.6 Å². The van der Waals surface area contributed by atoms with Crippen LogP contribution in [0.5, 0.6) is 0 Å². The van der Waals surface area contributed by atoms with E-state index in [2.05, 4.69) is 17.2 Å². The molecule has 104 valence electrons. The molecule has 1 aliphatic rings. The highest BCUT2D eigenvalue weighted by Gasteiger charge is 2.27. The number of halogens is 1. The van der Waals surface area contributed by atoms with Crippen LogP contribution in [0.3, 0.4) is 0 Å². The maximum Gasteiger partial charge on any atom is 0.251 e. The molecule has 19 heavy (non-hydrogen) atoms. The zero-order chi connectivity index (χ0) is 13.9. The normalized spacial score (nSPS) is 18.1. The Hall–Kier alpha value is -1.09. The van der Waals surface area contributed by atoms with E-state index in [9.17, 15) is 4.79 Å². The summed E-state index contributed by atoms with van der Waals surface area (Å²) in [4.78, 5) is 16.2. The summed E-state index contributed by atoms with van der Waals surface area (Å²) in [7, 11) is 0. The fourth-order valence-electron chi connectivity index (χ4n) is 2.74. The first kappa shape index (κ1) is 14.3. The molecule has 0 saturated heterocycles. The third-order valence-electron chi connectivity index (χ3n) is 3.92. The Balaban J connectivity index is 1.97. The molecule has 1 N–H and O–H groups in total. The molecule has 0 radical (unpaired) electrons. The maximum atomic E-state index is 12.1. The first-order chi connectivity index (χ1) is 8.98. The van der Waals surface area contributed by atoms with Crippen molar-refractivity contribution in [3.05, 3.63) is 28.5 Å². The number of pyridine rings is 1. The van der Waals surface area contributed by atoms with Gasteiger partial charge in [0.05, 0.1) is 0 Å². The van der Waals surface area contributed by atoms with Crippen molar-refractivity contribution in [1.82, 2.24) is 10.3 Å². The molecule has 2 rings (SSSR count). The third-order valence-corrected chi connectivity index (χ3v) is 4.11. The third kappa shape index (κ3) is 3.93. The van der Waals surface area contributed by atoms with Crippen molar-refractivity contribution in [1.29, 1.82) is 0 Å². The van der Waals surface area contributed by atoms with Gasteiger partial charge in [-0.1, -0.05) is 37.8 Å². The number of aromatic nitrogens is 1. The second-order valence-corrected chi connectivity index (χ2v) is 6.26. The van der Waals surface area contributed by atoms with E-state index in [1.54, 1.807) is 12.1 Å². The minimum atomic E-state index is -0.0563. The second-order valence-electron chi connectivity index (χ2n) is 5.87. The van der Waals surface area contributed by atoms with E-state index in [0.717, 1.165) is 12.2 Å². The molecule has 0 spiro atoms. The van der Waals surface area contributed by atoms with Crippen LogP contribution in [0.4, 0.5) is 0 Å². The number of nitrogens with zero attached hydrogens (tertiary/aromatic N) is 1. The van der Waals surface area contributed by atoms with Crippen molar-refractivity contribution in [3.63, 3.8) is 0 Å². The first-order valence-corrected chi connectivity index (χ1v) is 7.29. The maximum absolute atomic E-state index is 12.1. The van der Waals surface area contributed by atoms with Crippen molar-refractivity contribution < 1.29 is 4.79 Å². The van der Waals surface area contributed by atoms with Crippen molar-refractivity contribution in [2.45, 2.75) is 46.0 Å². The quantitative estimate of drug-likeness (QED) is 0.857. The van der Waals surface area contributed by atoms with E-state index in [1.165, 1.54) is 32.1 Å². The fraction of sp³-hybridized carbons (Fsp3) is 0.600. The van der Waals surface area contributed by atoms with Crippen LogP contribution in [0.1, 0.15) is 55.1 Å². The Morgan fingerprint density at radius 2 is 2.05 bits per heavy atom. The molecule has 1 heterocycles. The number of amides is 1. The monoisotopic (exact) mass is 280 g/mol. The van der Waals surface area contributed by atoms with Crippen LogP contribution in [0.25, 0.3) is 0 Å². The Morgan fingerprint density at radius 1 is 1.37 bits per heavy atom. The van der Waals surface area contributed by atoms with Crippen LogP contribution in [0.2, 0.25) is 5.15 Å². The molecule has 1 fully saturated rings. The predicted octanol–water partition coefficient (Wildman–Crippen LogP) is 3.74. The van der Waals surface area contributed by atoms with Crippen molar-refractivity contribution >= 4 is 17.5 Å². The van der Waals surface area contributed by atoms with Crippen LogP contribution in [-0.2, 0) is 0 Å². The number of hydrogen-bond acceptors (Lipinski definition) is 2. The van der Waals surface area contributed by atoms with Gasteiger partial charge in [-0.2, -0.15) is 0 Å². The van der Waals surface area contributed by atoms with Crippen LogP contribution < -0.4 is 5.32 Å². The molecule has 1 aromatic rings. The molecule has 1 aliphatic carbocycles.